The van der Waals surface area contributed by atoms with Crippen molar-refractivity contribution in [3.63, 3.8) is 0 Å². The van der Waals surface area contributed by atoms with Gasteiger partial charge in [-0.1, -0.05) is 21.6 Å². The molecule has 18 heavy (non-hydrogen) atoms. The lowest BCUT2D eigenvalue weighted by Gasteiger charge is -2.07. The van der Waals surface area contributed by atoms with E-state index in [0.717, 1.165) is 50.5 Å². The second-order valence-electron chi connectivity index (χ2n) is 4.68. The van der Waals surface area contributed by atoms with E-state index in [4.69, 9.17) is 11.5 Å². The second kappa shape index (κ2) is 14.0. The number of nitrogens with two attached hydrogens (primary N) is 2. The predicted molar refractivity (Wildman–Crippen MR) is 87.2 cm³/mol. The molecule has 0 radical (unpaired) electrons. The molecular weight excluding hydrogens is 264 g/mol. The molecule has 0 aliphatic heterocycles. The Morgan fingerprint density at radius 3 is 1.50 bits per heavy atom. The summed E-state index contributed by atoms with van der Waals surface area (Å²) in [6.07, 6.45) is 2.11. The lowest BCUT2D eigenvalue weighted by Crippen LogP contribution is -2.25. The maximum Gasteiger partial charge on any atom is 0.0162 e. The summed E-state index contributed by atoms with van der Waals surface area (Å²) in [6.45, 7) is 8.30. The van der Waals surface area contributed by atoms with Crippen molar-refractivity contribution in [3.05, 3.63) is 0 Å². The van der Waals surface area contributed by atoms with E-state index < -0.39 is 0 Å². The lowest BCUT2D eigenvalue weighted by atomic mass is 10.2. The van der Waals surface area contributed by atoms with Crippen LogP contribution in [0.15, 0.2) is 0 Å². The smallest absolute Gasteiger partial charge is 0.0162 e. The summed E-state index contributed by atoms with van der Waals surface area (Å²) in [5, 5.41) is 6.79. The molecule has 2 atom stereocenters. The molecular formula is C12H30N4S2. The van der Waals surface area contributed by atoms with Gasteiger partial charge in [0.25, 0.3) is 0 Å². The molecule has 0 spiro atoms. The Morgan fingerprint density at radius 2 is 1.17 bits per heavy atom. The number of hydrogen-bond donors (Lipinski definition) is 4. The Labute approximate surface area is 120 Å². The second-order valence-corrected chi connectivity index (χ2v) is 7.38. The fraction of sp³-hybridized carbons (Fsp3) is 1.00. The highest BCUT2D eigenvalue weighted by atomic mass is 33.1. The molecule has 0 aromatic carbocycles. The zero-order chi connectivity index (χ0) is 13.6. The van der Waals surface area contributed by atoms with Crippen LogP contribution in [-0.4, -0.2) is 49.8 Å². The largest absolute Gasteiger partial charge is 0.328 e. The molecule has 0 aliphatic rings. The van der Waals surface area contributed by atoms with Crippen LogP contribution in [0.4, 0.5) is 0 Å². The van der Waals surface area contributed by atoms with Crippen molar-refractivity contribution in [2.75, 3.05) is 37.7 Å². The zero-order valence-corrected chi connectivity index (χ0v) is 13.4. The summed E-state index contributed by atoms with van der Waals surface area (Å²) < 4.78 is 0. The van der Waals surface area contributed by atoms with E-state index in [1.807, 2.05) is 35.4 Å². The first-order chi connectivity index (χ1) is 8.63. The average Bonchev–Trinajstić information content (AvgIpc) is 2.29. The van der Waals surface area contributed by atoms with Crippen LogP contribution in [0.2, 0.25) is 0 Å². The van der Waals surface area contributed by atoms with Gasteiger partial charge >= 0.3 is 0 Å². The Morgan fingerprint density at radius 1 is 0.778 bits per heavy atom. The molecule has 0 saturated carbocycles. The van der Waals surface area contributed by atoms with Crippen LogP contribution < -0.4 is 22.1 Å². The first-order valence-electron chi connectivity index (χ1n) is 6.80. The van der Waals surface area contributed by atoms with E-state index >= 15 is 0 Å². The van der Waals surface area contributed by atoms with Gasteiger partial charge in [0.1, 0.15) is 0 Å². The third-order valence-electron chi connectivity index (χ3n) is 2.36. The topological polar surface area (TPSA) is 76.1 Å². The van der Waals surface area contributed by atoms with E-state index in [9.17, 15) is 0 Å². The fourth-order valence-corrected chi connectivity index (χ4v) is 3.15. The molecule has 0 aromatic heterocycles. The van der Waals surface area contributed by atoms with Crippen molar-refractivity contribution < 1.29 is 0 Å². The van der Waals surface area contributed by atoms with Crippen LogP contribution in [0.25, 0.3) is 0 Å². The van der Waals surface area contributed by atoms with Gasteiger partial charge in [0.15, 0.2) is 0 Å². The van der Waals surface area contributed by atoms with Crippen molar-refractivity contribution >= 4 is 21.6 Å². The van der Waals surface area contributed by atoms with Gasteiger partial charge < -0.3 is 22.1 Å². The molecule has 110 valence electrons. The molecule has 6 N–H and O–H groups in total. The summed E-state index contributed by atoms with van der Waals surface area (Å²) in [5.41, 5.74) is 11.3. The molecule has 0 saturated heterocycles. The van der Waals surface area contributed by atoms with Gasteiger partial charge in [-0.2, -0.15) is 0 Å². The molecule has 0 amide bonds. The highest BCUT2D eigenvalue weighted by Gasteiger charge is 1.95. The van der Waals surface area contributed by atoms with Crippen molar-refractivity contribution in [3.8, 4) is 0 Å². The Balaban J connectivity index is 2.95. The minimum Gasteiger partial charge on any atom is -0.328 e. The number of nitrogens with one attached hydrogen (secondary N) is 2. The summed E-state index contributed by atoms with van der Waals surface area (Å²) in [7, 11) is 3.87. The Kier molecular flexibility index (Phi) is 14.4. The van der Waals surface area contributed by atoms with E-state index in [1.54, 1.807) is 0 Å². The molecule has 4 nitrogen and oxygen atoms in total. The predicted octanol–water partition coefficient (Wildman–Crippen LogP) is 1.02. The molecule has 0 fully saturated rings. The summed E-state index contributed by atoms with van der Waals surface area (Å²) in [6, 6.07) is 0.615. The van der Waals surface area contributed by atoms with Crippen molar-refractivity contribution in [2.24, 2.45) is 11.5 Å². The molecule has 0 rings (SSSR count). The molecule has 0 heterocycles. The standard InChI is InChI=1S/C12H30N4S2/c1-11(13)3-5-15-7-9-17-18-10-8-16-6-4-12(2)14/h11-12,15-16H,3-10,13-14H2,1-2H3. The van der Waals surface area contributed by atoms with Crippen LogP contribution in [0.5, 0.6) is 0 Å². The van der Waals surface area contributed by atoms with Gasteiger partial charge in [-0.3, -0.25) is 0 Å². The molecule has 0 bridgehead atoms. The van der Waals surface area contributed by atoms with Crippen molar-refractivity contribution in [2.45, 2.75) is 38.8 Å². The fourth-order valence-electron chi connectivity index (χ4n) is 1.25. The minimum atomic E-state index is 0.307. The monoisotopic (exact) mass is 294 g/mol. The van der Waals surface area contributed by atoms with Crippen LogP contribution in [0, 0.1) is 0 Å². The SMILES string of the molecule is CC(N)CCNCCSSCCNCCC(C)N. The normalized spacial score (nSPS) is 14.7. The number of rotatable bonds is 13. The molecule has 6 heteroatoms. The zero-order valence-electron chi connectivity index (χ0n) is 11.8. The van der Waals surface area contributed by atoms with E-state index in [0.29, 0.717) is 12.1 Å². The van der Waals surface area contributed by atoms with E-state index in [1.165, 1.54) is 0 Å². The number of hydrogen-bond acceptors (Lipinski definition) is 6. The van der Waals surface area contributed by atoms with Crippen LogP contribution in [0.3, 0.4) is 0 Å². The Hall–Kier alpha value is 0.540. The minimum absolute atomic E-state index is 0.307. The van der Waals surface area contributed by atoms with Crippen LogP contribution >= 0.6 is 21.6 Å². The third-order valence-corrected chi connectivity index (χ3v) is 4.77. The third kappa shape index (κ3) is 16.5. The van der Waals surface area contributed by atoms with Crippen LogP contribution in [-0.2, 0) is 0 Å². The maximum atomic E-state index is 5.67. The Bertz CT molecular complexity index is 150. The van der Waals surface area contributed by atoms with Gasteiger partial charge in [0.05, 0.1) is 0 Å². The molecule has 0 aliphatic carbocycles. The van der Waals surface area contributed by atoms with Gasteiger partial charge in [0, 0.05) is 36.7 Å². The molecule has 0 aromatic rings. The maximum absolute atomic E-state index is 5.67. The van der Waals surface area contributed by atoms with Gasteiger partial charge in [-0.25, -0.2) is 0 Å². The van der Waals surface area contributed by atoms with Crippen molar-refractivity contribution in [1.82, 2.24) is 10.6 Å². The quantitative estimate of drug-likeness (QED) is 0.300. The summed E-state index contributed by atoms with van der Waals surface area (Å²) in [4.78, 5) is 0. The first-order valence-corrected chi connectivity index (χ1v) is 9.28. The van der Waals surface area contributed by atoms with Gasteiger partial charge in [0.2, 0.25) is 0 Å². The lowest BCUT2D eigenvalue weighted by molar-refractivity contribution is 0.604. The first kappa shape index (κ1) is 18.5. The highest BCUT2D eigenvalue weighted by molar-refractivity contribution is 8.76. The van der Waals surface area contributed by atoms with Crippen LogP contribution in [0.1, 0.15) is 26.7 Å². The summed E-state index contributed by atoms with van der Waals surface area (Å²) >= 11 is 0. The van der Waals surface area contributed by atoms with Gasteiger partial charge in [-0.15, -0.1) is 0 Å². The van der Waals surface area contributed by atoms with Gasteiger partial charge in [-0.05, 0) is 39.8 Å². The molecule has 2 unspecified atom stereocenters. The van der Waals surface area contributed by atoms with E-state index in [-0.39, 0.29) is 0 Å². The van der Waals surface area contributed by atoms with Crippen molar-refractivity contribution in [1.29, 1.82) is 0 Å². The summed E-state index contributed by atoms with van der Waals surface area (Å²) in [5.74, 6) is 2.31. The average molecular weight is 295 g/mol. The van der Waals surface area contributed by atoms with E-state index in [2.05, 4.69) is 10.6 Å². The highest BCUT2D eigenvalue weighted by Crippen LogP contribution is 2.19.